The van der Waals surface area contributed by atoms with Gasteiger partial charge in [0, 0.05) is 27.1 Å². The van der Waals surface area contributed by atoms with Crippen molar-refractivity contribution in [2.24, 2.45) is 0 Å². The van der Waals surface area contributed by atoms with Gasteiger partial charge < -0.3 is 5.32 Å². The fraction of sp³-hybridized carbons (Fsp3) is 0.500. The van der Waals surface area contributed by atoms with Crippen LogP contribution in [0.3, 0.4) is 0 Å². The molecule has 2 nitrogen and oxygen atoms in total. The van der Waals surface area contributed by atoms with Crippen LogP contribution in [0.5, 0.6) is 0 Å². The molecule has 4 heteroatoms. The molecular weight excluding hydrogens is 286 g/mol. The Kier molecular flexibility index (Phi) is 4.16. The van der Waals surface area contributed by atoms with Crippen LogP contribution in [0.25, 0.3) is 0 Å². The highest BCUT2D eigenvalue weighted by molar-refractivity contribution is 9.10. The summed E-state index contributed by atoms with van der Waals surface area (Å²) in [5, 5.41) is 3.67. The Morgan fingerprint density at radius 1 is 1.50 bits per heavy atom. The van der Waals surface area contributed by atoms with Crippen LogP contribution in [0.4, 0.5) is 0 Å². The first kappa shape index (κ1) is 12.3. The van der Waals surface area contributed by atoms with Crippen molar-refractivity contribution in [2.75, 3.05) is 12.3 Å². The summed E-state index contributed by atoms with van der Waals surface area (Å²) in [4.78, 5) is 0. The van der Waals surface area contributed by atoms with Gasteiger partial charge in [-0.15, -0.1) is 0 Å². The zero-order valence-electron chi connectivity index (χ0n) is 9.28. The van der Waals surface area contributed by atoms with Gasteiger partial charge >= 0.3 is 0 Å². The maximum Gasteiger partial charge on any atom is 0.0514 e. The largest absolute Gasteiger partial charge is 0.309 e. The van der Waals surface area contributed by atoms with E-state index in [1.807, 2.05) is 12.1 Å². The Hall–Kier alpha value is -0.190. The van der Waals surface area contributed by atoms with Crippen molar-refractivity contribution in [3.05, 3.63) is 34.3 Å². The van der Waals surface area contributed by atoms with Crippen LogP contribution in [0.15, 0.2) is 28.7 Å². The average molecular weight is 302 g/mol. The topological polar surface area (TPSA) is 29.1 Å². The molecule has 3 unspecified atom stereocenters. The molecule has 1 fully saturated rings. The second-order valence-corrected chi connectivity index (χ2v) is 6.96. The van der Waals surface area contributed by atoms with Crippen molar-refractivity contribution >= 4 is 26.7 Å². The van der Waals surface area contributed by atoms with Gasteiger partial charge in [0.15, 0.2) is 0 Å². The summed E-state index contributed by atoms with van der Waals surface area (Å²) in [6, 6.07) is 8.46. The zero-order chi connectivity index (χ0) is 11.5. The smallest absolute Gasteiger partial charge is 0.0514 e. The van der Waals surface area contributed by atoms with E-state index in [0.29, 0.717) is 0 Å². The fourth-order valence-electron chi connectivity index (χ4n) is 2.06. The lowest BCUT2D eigenvalue weighted by molar-refractivity contribution is 0.535. The molecule has 0 radical (unpaired) electrons. The van der Waals surface area contributed by atoms with Crippen molar-refractivity contribution in [3.8, 4) is 0 Å². The van der Waals surface area contributed by atoms with Crippen molar-refractivity contribution in [1.29, 1.82) is 0 Å². The minimum atomic E-state index is -0.717. The van der Waals surface area contributed by atoms with E-state index in [-0.39, 0.29) is 11.3 Å². The summed E-state index contributed by atoms with van der Waals surface area (Å²) in [7, 11) is -0.717. The standard InChI is InChI=1S/C12H16BrNOS/c1-9-12(14-6-3-7-16(9)15)10-4-2-5-11(13)8-10/h2,4-5,8-9,12,14H,3,6-7H2,1H3. The highest BCUT2D eigenvalue weighted by Gasteiger charge is 2.26. The van der Waals surface area contributed by atoms with E-state index in [2.05, 4.69) is 40.3 Å². The summed E-state index contributed by atoms with van der Waals surface area (Å²) >= 11 is 3.48. The number of hydrogen-bond acceptors (Lipinski definition) is 2. The van der Waals surface area contributed by atoms with E-state index in [1.54, 1.807) is 0 Å². The monoisotopic (exact) mass is 301 g/mol. The molecule has 16 heavy (non-hydrogen) atoms. The summed E-state index contributed by atoms with van der Waals surface area (Å²) in [6.45, 7) is 3.02. The lowest BCUT2D eigenvalue weighted by atomic mass is 10.0. The second-order valence-electron chi connectivity index (χ2n) is 4.13. The lowest BCUT2D eigenvalue weighted by Gasteiger charge is -2.22. The van der Waals surface area contributed by atoms with Gasteiger partial charge in [0.2, 0.25) is 0 Å². The lowest BCUT2D eigenvalue weighted by Crippen LogP contribution is -2.30. The SMILES string of the molecule is CC1C(c2cccc(Br)c2)NCCCS1=O. The molecule has 1 heterocycles. The molecule has 2 rings (SSSR count). The number of nitrogens with one attached hydrogen (secondary N) is 1. The third-order valence-corrected chi connectivity index (χ3v) is 5.26. The molecule has 88 valence electrons. The fourth-order valence-corrected chi connectivity index (χ4v) is 3.84. The molecule has 0 spiro atoms. The van der Waals surface area contributed by atoms with E-state index >= 15 is 0 Å². The van der Waals surface area contributed by atoms with Crippen molar-refractivity contribution in [3.63, 3.8) is 0 Å². The van der Waals surface area contributed by atoms with Crippen molar-refractivity contribution in [2.45, 2.75) is 24.6 Å². The predicted octanol–water partition coefficient (Wildman–Crippen LogP) is 2.62. The minimum absolute atomic E-state index is 0.178. The molecule has 0 saturated carbocycles. The Morgan fingerprint density at radius 2 is 2.31 bits per heavy atom. The highest BCUT2D eigenvalue weighted by atomic mass is 79.9. The van der Waals surface area contributed by atoms with Crippen LogP contribution in [0, 0.1) is 0 Å². The molecule has 1 aliphatic rings. The van der Waals surface area contributed by atoms with Crippen LogP contribution >= 0.6 is 15.9 Å². The quantitative estimate of drug-likeness (QED) is 0.864. The summed E-state index contributed by atoms with van der Waals surface area (Å²) in [5.41, 5.74) is 1.22. The molecular formula is C12H16BrNOS. The molecule has 1 aliphatic heterocycles. The van der Waals surface area contributed by atoms with Crippen LogP contribution in [0.1, 0.15) is 24.9 Å². The Balaban J connectivity index is 2.27. The molecule has 1 saturated heterocycles. The predicted molar refractivity (Wildman–Crippen MR) is 72.0 cm³/mol. The summed E-state index contributed by atoms with van der Waals surface area (Å²) in [6.07, 6.45) is 1.00. The molecule has 0 aromatic heterocycles. The number of halogens is 1. The van der Waals surface area contributed by atoms with Gasteiger partial charge in [-0.3, -0.25) is 4.21 Å². The van der Waals surface area contributed by atoms with E-state index in [1.165, 1.54) is 5.56 Å². The number of rotatable bonds is 1. The van der Waals surface area contributed by atoms with E-state index in [4.69, 9.17) is 0 Å². The zero-order valence-corrected chi connectivity index (χ0v) is 11.7. The van der Waals surface area contributed by atoms with Crippen molar-refractivity contribution in [1.82, 2.24) is 5.32 Å². The Morgan fingerprint density at radius 3 is 3.06 bits per heavy atom. The first-order valence-electron chi connectivity index (χ1n) is 5.54. The van der Waals surface area contributed by atoms with Crippen LogP contribution in [-0.4, -0.2) is 21.8 Å². The number of hydrogen-bond donors (Lipinski definition) is 1. The number of benzene rings is 1. The molecule has 0 bridgehead atoms. The summed E-state index contributed by atoms with van der Waals surface area (Å²) < 4.78 is 13.0. The molecule has 0 aliphatic carbocycles. The van der Waals surface area contributed by atoms with Crippen LogP contribution in [0.2, 0.25) is 0 Å². The van der Waals surface area contributed by atoms with Gasteiger partial charge in [-0.1, -0.05) is 28.1 Å². The van der Waals surface area contributed by atoms with Gasteiger partial charge in [0.25, 0.3) is 0 Å². The minimum Gasteiger partial charge on any atom is -0.309 e. The van der Waals surface area contributed by atoms with E-state index in [9.17, 15) is 4.21 Å². The van der Waals surface area contributed by atoms with Crippen LogP contribution < -0.4 is 5.32 Å². The Labute approximate surface area is 107 Å². The summed E-state index contributed by atoms with van der Waals surface area (Å²) in [5.74, 6) is 0.818. The molecule has 1 aromatic carbocycles. The second kappa shape index (κ2) is 5.43. The van der Waals surface area contributed by atoms with E-state index < -0.39 is 10.8 Å². The first-order chi connectivity index (χ1) is 7.68. The molecule has 1 aromatic rings. The Bertz CT molecular complexity index is 396. The van der Waals surface area contributed by atoms with Crippen molar-refractivity contribution < 1.29 is 4.21 Å². The van der Waals surface area contributed by atoms with Gasteiger partial charge in [0.1, 0.15) is 0 Å². The van der Waals surface area contributed by atoms with Gasteiger partial charge in [0.05, 0.1) is 5.25 Å². The van der Waals surface area contributed by atoms with Crippen LogP contribution in [-0.2, 0) is 10.8 Å². The normalized spacial score (nSPS) is 31.0. The maximum atomic E-state index is 11.9. The van der Waals surface area contributed by atoms with E-state index in [0.717, 1.165) is 23.2 Å². The maximum absolute atomic E-state index is 11.9. The molecule has 1 N–H and O–H groups in total. The van der Waals surface area contributed by atoms with Gasteiger partial charge in [-0.2, -0.15) is 0 Å². The van der Waals surface area contributed by atoms with Gasteiger partial charge in [-0.05, 0) is 37.6 Å². The molecule has 3 atom stereocenters. The highest BCUT2D eigenvalue weighted by Crippen LogP contribution is 2.25. The average Bonchev–Trinajstić information content (AvgIpc) is 2.42. The molecule has 0 amide bonds. The third kappa shape index (κ3) is 2.73. The first-order valence-corrected chi connectivity index (χ1v) is 7.72. The third-order valence-electron chi connectivity index (χ3n) is 2.98. The van der Waals surface area contributed by atoms with Gasteiger partial charge in [-0.25, -0.2) is 0 Å².